The molecule has 1 N–H and O–H groups in total. The predicted octanol–water partition coefficient (Wildman–Crippen LogP) is 6.08. The van der Waals surface area contributed by atoms with Gasteiger partial charge in [-0.3, -0.25) is 0 Å². The molecule has 1 saturated heterocycles. The molecule has 0 bridgehead atoms. The smallest absolute Gasteiger partial charge is 0.144 e. The Labute approximate surface area is 184 Å². The largest absolute Gasteiger partial charge is 0.373 e. The molecule has 4 rings (SSSR count). The Morgan fingerprint density at radius 1 is 1.19 bits per heavy atom. The maximum absolute atomic E-state index is 14.3. The highest BCUT2D eigenvalue weighted by atomic mass is 19.1. The van der Waals surface area contributed by atoms with Gasteiger partial charge in [-0.05, 0) is 74.2 Å². The van der Waals surface area contributed by atoms with Crippen molar-refractivity contribution in [2.75, 3.05) is 18.4 Å². The number of aromatic nitrogens is 2. The highest BCUT2D eigenvalue weighted by Crippen LogP contribution is 2.35. The molecule has 1 aliphatic rings. The van der Waals surface area contributed by atoms with Gasteiger partial charge in [0.1, 0.15) is 11.3 Å². The number of hydrogen-bond acceptors (Lipinski definition) is 3. The van der Waals surface area contributed by atoms with E-state index in [1.807, 2.05) is 6.20 Å². The summed E-state index contributed by atoms with van der Waals surface area (Å²) in [7, 11) is 0. The summed E-state index contributed by atoms with van der Waals surface area (Å²) >= 11 is 0. The average molecular weight is 419 g/mol. The summed E-state index contributed by atoms with van der Waals surface area (Å²) in [6, 6.07) is 12.7. The van der Waals surface area contributed by atoms with Crippen molar-refractivity contribution in [1.29, 1.82) is 0 Å². The fourth-order valence-electron chi connectivity index (χ4n) is 4.45. The van der Waals surface area contributed by atoms with Crippen LogP contribution in [0.25, 0.3) is 11.0 Å². The fraction of sp³-hybridized carbons (Fsp3) is 0.346. The van der Waals surface area contributed by atoms with Crippen LogP contribution in [0.4, 0.5) is 10.1 Å². The quantitative estimate of drug-likeness (QED) is 0.505. The molecule has 31 heavy (non-hydrogen) atoms. The Balaban J connectivity index is 1.50. The summed E-state index contributed by atoms with van der Waals surface area (Å²) in [5.74, 6) is 0.456. The van der Waals surface area contributed by atoms with Crippen molar-refractivity contribution >= 4 is 16.7 Å². The molecule has 5 heteroatoms. The molecular weight excluding hydrogens is 387 g/mol. The third-order valence-electron chi connectivity index (χ3n) is 6.27. The predicted molar refractivity (Wildman–Crippen MR) is 127 cm³/mol. The van der Waals surface area contributed by atoms with Crippen molar-refractivity contribution < 1.29 is 4.39 Å². The van der Waals surface area contributed by atoms with E-state index in [1.54, 1.807) is 20.0 Å². The van der Waals surface area contributed by atoms with Crippen LogP contribution in [-0.4, -0.2) is 33.2 Å². The summed E-state index contributed by atoms with van der Waals surface area (Å²) in [6.45, 7) is 13.3. The van der Waals surface area contributed by atoms with Crippen LogP contribution in [0.3, 0.4) is 0 Å². The van der Waals surface area contributed by atoms with Crippen molar-refractivity contribution in [3.05, 3.63) is 85.0 Å². The molecule has 3 aromatic rings. The van der Waals surface area contributed by atoms with Gasteiger partial charge in [-0.2, -0.15) is 0 Å². The highest BCUT2D eigenvalue weighted by Gasteiger charge is 2.29. The molecule has 0 aliphatic carbocycles. The molecule has 2 aromatic heterocycles. The van der Waals surface area contributed by atoms with E-state index in [9.17, 15) is 4.39 Å². The van der Waals surface area contributed by atoms with E-state index in [1.165, 1.54) is 16.5 Å². The van der Waals surface area contributed by atoms with Crippen LogP contribution in [0.15, 0.2) is 73.8 Å². The van der Waals surface area contributed by atoms with Gasteiger partial charge in [0.2, 0.25) is 0 Å². The van der Waals surface area contributed by atoms with Crippen LogP contribution in [0.2, 0.25) is 0 Å². The minimum atomic E-state index is -1.37. The first-order valence-corrected chi connectivity index (χ1v) is 10.9. The monoisotopic (exact) mass is 418 g/mol. The number of piperidine rings is 1. The van der Waals surface area contributed by atoms with Crippen LogP contribution < -0.4 is 5.32 Å². The molecule has 4 nitrogen and oxygen atoms in total. The van der Waals surface area contributed by atoms with Crippen LogP contribution >= 0.6 is 0 Å². The number of anilines is 1. The molecule has 0 unspecified atom stereocenters. The van der Waals surface area contributed by atoms with Crippen LogP contribution in [0.1, 0.15) is 43.7 Å². The Kier molecular flexibility index (Phi) is 5.86. The Morgan fingerprint density at radius 3 is 2.55 bits per heavy atom. The SMILES string of the molecule is C=CNc1ccc(Cn2ccc3c(C4CCN(C(=C)C(C)(C)F)CC4)ccnc32)cc1. The number of benzene rings is 1. The third-order valence-corrected chi connectivity index (χ3v) is 6.27. The minimum Gasteiger partial charge on any atom is -0.373 e. The van der Waals surface area contributed by atoms with Gasteiger partial charge in [-0.1, -0.05) is 25.3 Å². The number of nitrogens with zero attached hydrogens (tertiary/aromatic N) is 3. The van der Waals surface area contributed by atoms with Crippen molar-refractivity contribution in [1.82, 2.24) is 14.5 Å². The second-order valence-corrected chi connectivity index (χ2v) is 8.81. The van der Waals surface area contributed by atoms with Crippen LogP contribution in [0.5, 0.6) is 0 Å². The first-order valence-electron chi connectivity index (χ1n) is 10.9. The lowest BCUT2D eigenvalue weighted by Crippen LogP contribution is -2.38. The number of halogens is 1. The lowest BCUT2D eigenvalue weighted by molar-refractivity contribution is 0.166. The second-order valence-electron chi connectivity index (χ2n) is 8.81. The first kappa shape index (κ1) is 21.2. The van der Waals surface area contributed by atoms with Gasteiger partial charge in [0.05, 0.1) is 0 Å². The molecule has 0 saturated carbocycles. The minimum absolute atomic E-state index is 0.456. The van der Waals surface area contributed by atoms with Gasteiger partial charge in [0, 0.05) is 48.8 Å². The zero-order valence-corrected chi connectivity index (χ0v) is 18.4. The van der Waals surface area contributed by atoms with E-state index < -0.39 is 5.67 Å². The maximum Gasteiger partial charge on any atom is 0.144 e. The number of nitrogens with one attached hydrogen (secondary N) is 1. The molecule has 1 fully saturated rings. The van der Waals surface area contributed by atoms with Gasteiger partial charge < -0.3 is 14.8 Å². The molecule has 162 valence electrons. The van der Waals surface area contributed by atoms with Gasteiger partial charge in [0.15, 0.2) is 0 Å². The van der Waals surface area contributed by atoms with E-state index >= 15 is 0 Å². The normalized spacial score (nSPS) is 15.3. The van der Waals surface area contributed by atoms with Gasteiger partial charge in [0.25, 0.3) is 0 Å². The van der Waals surface area contributed by atoms with Crippen molar-refractivity contribution in [3.8, 4) is 0 Å². The fourth-order valence-corrected chi connectivity index (χ4v) is 4.45. The molecule has 0 spiro atoms. The van der Waals surface area contributed by atoms with Gasteiger partial charge >= 0.3 is 0 Å². The summed E-state index contributed by atoms with van der Waals surface area (Å²) in [6.07, 6.45) is 7.72. The van der Waals surface area contributed by atoms with Crippen molar-refractivity contribution in [3.63, 3.8) is 0 Å². The molecule has 3 heterocycles. The number of likely N-dealkylation sites (tertiary alicyclic amines) is 1. The molecular formula is C26H31FN4. The van der Waals surface area contributed by atoms with Crippen molar-refractivity contribution in [2.45, 2.75) is 44.8 Å². The lowest BCUT2D eigenvalue weighted by atomic mass is 9.87. The average Bonchev–Trinajstić information content (AvgIpc) is 3.17. The zero-order valence-electron chi connectivity index (χ0n) is 18.4. The molecule has 0 amide bonds. The number of rotatable bonds is 7. The first-order chi connectivity index (χ1) is 14.9. The molecule has 1 aromatic carbocycles. The Hall–Kier alpha value is -3.08. The van der Waals surface area contributed by atoms with E-state index in [4.69, 9.17) is 0 Å². The molecule has 1 aliphatic heterocycles. The number of fused-ring (bicyclic) bond motifs is 1. The summed E-state index contributed by atoms with van der Waals surface area (Å²) in [4.78, 5) is 6.78. The lowest BCUT2D eigenvalue weighted by Gasteiger charge is -2.38. The number of pyridine rings is 1. The van der Waals surface area contributed by atoms with E-state index in [2.05, 4.69) is 75.5 Å². The summed E-state index contributed by atoms with van der Waals surface area (Å²) in [5.41, 5.74) is 3.84. The number of alkyl halides is 1. The summed E-state index contributed by atoms with van der Waals surface area (Å²) in [5, 5.41) is 4.32. The third kappa shape index (κ3) is 4.50. The highest BCUT2D eigenvalue weighted by molar-refractivity contribution is 5.80. The van der Waals surface area contributed by atoms with E-state index in [0.29, 0.717) is 11.6 Å². The van der Waals surface area contributed by atoms with E-state index in [-0.39, 0.29) is 0 Å². The van der Waals surface area contributed by atoms with Gasteiger partial charge in [-0.25, -0.2) is 9.37 Å². The second kappa shape index (κ2) is 8.58. The summed E-state index contributed by atoms with van der Waals surface area (Å²) < 4.78 is 16.5. The topological polar surface area (TPSA) is 33.1 Å². The van der Waals surface area contributed by atoms with Crippen LogP contribution in [-0.2, 0) is 6.54 Å². The maximum atomic E-state index is 14.3. The number of allylic oxidation sites excluding steroid dienone is 1. The number of hydrogen-bond donors (Lipinski definition) is 1. The standard InChI is InChI=1S/C26H31FN4/c1-5-28-22-8-6-20(7-9-22)18-31-17-13-24-23(10-14-29-25(24)31)21-11-15-30(16-12-21)19(2)26(3,4)27/h5-10,13-14,17,21,28H,1-2,11-12,15-16,18H2,3-4H3. The molecule has 0 radical (unpaired) electrons. The van der Waals surface area contributed by atoms with Crippen molar-refractivity contribution in [2.24, 2.45) is 0 Å². The molecule has 0 atom stereocenters. The Morgan fingerprint density at radius 2 is 1.90 bits per heavy atom. The van der Waals surface area contributed by atoms with Gasteiger partial charge in [-0.15, -0.1) is 0 Å². The van der Waals surface area contributed by atoms with Crippen LogP contribution in [0, 0.1) is 0 Å². The Bertz CT molecular complexity index is 1070. The van der Waals surface area contributed by atoms with E-state index in [0.717, 1.165) is 43.8 Å². The zero-order chi connectivity index (χ0) is 22.0.